The van der Waals surface area contributed by atoms with Crippen LogP contribution >= 0.6 is 22.9 Å². The SMILES string of the molecule is Nc1ccc(Cl)cc1S(=O)CCc1cccs1. The Bertz CT molecular complexity index is 525. The molecule has 0 aliphatic heterocycles. The maximum atomic E-state index is 12.1. The number of rotatable bonds is 4. The largest absolute Gasteiger partial charge is 0.398 e. The second-order valence-corrected chi connectivity index (χ2v) is 6.57. The minimum atomic E-state index is -1.09. The molecule has 17 heavy (non-hydrogen) atoms. The number of halogens is 1. The van der Waals surface area contributed by atoms with E-state index in [0.717, 1.165) is 6.42 Å². The zero-order chi connectivity index (χ0) is 12.3. The van der Waals surface area contributed by atoms with E-state index in [1.807, 2.05) is 17.5 Å². The van der Waals surface area contributed by atoms with E-state index in [0.29, 0.717) is 21.4 Å². The first-order valence-corrected chi connectivity index (χ1v) is 7.70. The highest BCUT2D eigenvalue weighted by molar-refractivity contribution is 7.85. The van der Waals surface area contributed by atoms with Crippen molar-refractivity contribution < 1.29 is 4.21 Å². The van der Waals surface area contributed by atoms with Gasteiger partial charge in [0, 0.05) is 21.3 Å². The van der Waals surface area contributed by atoms with Crippen LogP contribution in [-0.4, -0.2) is 9.96 Å². The van der Waals surface area contributed by atoms with Gasteiger partial charge in [0.25, 0.3) is 0 Å². The van der Waals surface area contributed by atoms with E-state index < -0.39 is 10.8 Å². The molecule has 0 aliphatic carbocycles. The summed E-state index contributed by atoms with van der Waals surface area (Å²) in [7, 11) is -1.09. The molecule has 90 valence electrons. The Hall–Kier alpha value is -0.840. The maximum Gasteiger partial charge on any atom is 0.0632 e. The average molecular weight is 286 g/mol. The smallest absolute Gasteiger partial charge is 0.0632 e. The summed E-state index contributed by atoms with van der Waals surface area (Å²) in [5.41, 5.74) is 6.33. The monoisotopic (exact) mass is 285 g/mol. The van der Waals surface area contributed by atoms with Crippen LogP contribution in [0.2, 0.25) is 5.02 Å². The molecule has 2 nitrogen and oxygen atoms in total. The summed E-state index contributed by atoms with van der Waals surface area (Å²) in [6.45, 7) is 0. The number of hydrogen-bond acceptors (Lipinski definition) is 3. The third-order valence-corrected chi connectivity index (χ3v) is 4.93. The van der Waals surface area contributed by atoms with Gasteiger partial charge in [0.1, 0.15) is 0 Å². The Morgan fingerprint density at radius 3 is 2.88 bits per heavy atom. The molecule has 1 atom stereocenters. The third-order valence-electron chi connectivity index (χ3n) is 2.33. The van der Waals surface area contributed by atoms with Crippen LogP contribution in [0.25, 0.3) is 0 Å². The molecular formula is C12H12ClNOS2. The van der Waals surface area contributed by atoms with Crippen LogP contribution in [0.15, 0.2) is 40.6 Å². The van der Waals surface area contributed by atoms with Gasteiger partial charge in [-0.15, -0.1) is 11.3 Å². The standard InChI is InChI=1S/C12H12ClNOS2/c13-9-3-4-11(14)12(8-9)17(15)7-5-10-2-1-6-16-10/h1-4,6,8H,5,7,14H2. The second kappa shape index (κ2) is 5.67. The van der Waals surface area contributed by atoms with E-state index >= 15 is 0 Å². The first-order valence-electron chi connectivity index (χ1n) is 5.12. The summed E-state index contributed by atoms with van der Waals surface area (Å²) in [5.74, 6) is 0.574. The van der Waals surface area contributed by atoms with E-state index in [1.54, 1.807) is 29.5 Å². The lowest BCUT2D eigenvalue weighted by Gasteiger charge is -2.05. The maximum absolute atomic E-state index is 12.1. The molecule has 0 fully saturated rings. The third kappa shape index (κ3) is 3.31. The van der Waals surface area contributed by atoms with Crippen LogP contribution in [0, 0.1) is 0 Å². The molecule has 1 aromatic carbocycles. The first-order chi connectivity index (χ1) is 8.16. The summed E-state index contributed by atoms with van der Waals surface area (Å²) < 4.78 is 12.1. The molecule has 1 aromatic heterocycles. The molecule has 2 N–H and O–H groups in total. The molecule has 1 unspecified atom stereocenters. The van der Waals surface area contributed by atoms with Crippen molar-refractivity contribution in [1.29, 1.82) is 0 Å². The molecule has 1 heterocycles. The molecule has 2 aromatic rings. The number of hydrogen-bond donors (Lipinski definition) is 1. The molecule has 0 aliphatic rings. The van der Waals surface area contributed by atoms with Crippen LogP contribution < -0.4 is 5.73 Å². The van der Waals surface area contributed by atoms with Crippen LogP contribution in [0.1, 0.15) is 4.88 Å². The molecule has 0 amide bonds. The van der Waals surface area contributed by atoms with Gasteiger partial charge in [-0.3, -0.25) is 4.21 Å². The Balaban J connectivity index is 2.07. The number of anilines is 1. The normalized spacial score (nSPS) is 12.5. The van der Waals surface area contributed by atoms with E-state index in [1.165, 1.54) is 4.88 Å². The number of nitrogen functional groups attached to an aromatic ring is 1. The number of benzene rings is 1. The zero-order valence-electron chi connectivity index (χ0n) is 9.06. The molecule has 0 saturated carbocycles. The predicted octanol–water partition coefficient (Wildman–Crippen LogP) is 3.33. The number of aryl methyl sites for hydroxylation is 1. The van der Waals surface area contributed by atoms with E-state index in [4.69, 9.17) is 17.3 Å². The van der Waals surface area contributed by atoms with Gasteiger partial charge in [0.2, 0.25) is 0 Å². The Labute approximate surface area is 112 Å². The van der Waals surface area contributed by atoms with Gasteiger partial charge in [-0.1, -0.05) is 17.7 Å². The average Bonchev–Trinajstić information content (AvgIpc) is 2.82. The second-order valence-electron chi connectivity index (χ2n) is 3.56. The van der Waals surface area contributed by atoms with Gasteiger partial charge < -0.3 is 5.73 Å². The molecule has 0 radical (unpaired) electrons. The topological polar surface area (TPSA) is 43.1 Å². The van der Waals surface area contributed by atoms with Crippen LogP contribution in [0.3, 0.4) is 0 Å². The van der Waals surface area contributed by atoms with E-state index in [9.17, 15) is 4.21 Å². The predicted molar refractivity (Wildman–Crippen MR) is 75.2 cm³/mol. The van der Waals surface area contributed by atoms with Gasteiger partial charge in [-0.2, -0.15) is 0 Å². The molecule has 5 heteroatoms. The van der Waals surface area contributed by atoms with Gasteiger partial charge in [-0.25, -0.2) is 0 Å². The lowest BCUT2D eigenvalue weighted by molar-refractivity contribution is 0.683. The van der Waals surface area contributed by atoms with Crippen molar-refractivity contribution in [2.45, 2.75) is 11.3 Å². The van der Waals surface area contributed by atoms with Crippen molar-refractivity contribution in [3.63, 3.8) is 0 Å². The molecule has 2 rings (SSSR count). The summed E-state index contributed by atoms with van der Waals surface area (Å²) in [4.78, 5) is 1.87. The molecule has 0 bridgehead atoms. The van der Waals surface area contributed by atoms with Crippen molar-refractivity contribution in [2.24, 2.45) is 0 Å². The highest BCUT2D eigenvalue weighted by Crippen LogP contribution is 2.22. The van der Waals surface area contributed by atoms with Crippen molar-refractivity contribution in [3.8, 4) is 0 Å². The minimum Gasteiger partial charge on any atom is -0.398 e. The van der Waals surface area contributed by atoms with E-state index in [2.05, 4.69) is 0 Å². The van der Waals surface area contributed by atoms with Crippen molar-refractivity contribution in [2.75, 3.05) is 11.5 Å². The Morgan fingerprint density at radius 1 is 1.35 bits per heavy atom. The summed E-state index contributed by atoms with van der Waals surface area (Å²) in [5, 5.41) is 2.59. The van der Waals surface area contributed by atoms with Gasteiger partial charge >= 0.3 is 0 Å². The highest BCUT2D eigenvalue weighted by Gasteiger charge is 2.09. The quantitative estimate of drug-likeness (QED) is 0.876. The fraction of sp³-hybridized carbons (Fsp3) is 0.167. The fourth-order valence-electron chi connectivity index (χ4n) is 1.46. The lowest BCUT2D eigenvalue weighted by atomic mass is 10.3. The van der Waals surface area contributed by atoms with Gasteiger partial charge in [0.15, 0.2) is 0 Å². The number of nitrogens with two attached hydrogens (primary N) is 1. The van der Waals surface area contributed by atoms with Crippen LogP contribution in [0.5, 0.6) is 0 Å². The van der Waals surface area contributed by atoms with Crippen molar-refractivity contribution in [3.05, 3.63) is 45.6 Å². The summed E-state index contributed by atoms with van der Waals surface area (Å²) in [6.07, 6.45) is 0.802. The molecular weight excluding hydrogens is 274 g/mol. The van der Waals surface area contributed by atoms with Crippen molar-refractivity contribution >= 4 is 39.4 Å². The highest BCUT2D eigenvalue weighted by atomic mass is 35.5. The number of thiophene rings is 1. The Morgan fingerprint density at radius 2 is 2.18 bits per heavy atom. The van der Waals surface area contributed by atoms with Crippen LogP contribution in [-0.2, 0) is 17.2 Å². The van der Waals surface area contributed by atoms with Crippen molar-refractivity contribution in [1.82, 2.24) is 0 Å². The van der Waals surface area contributed by atoms with Gasteiger partial charge in [0.05, 0.1) is 15.7 Å². The molecule has 0 saturated heterocycles. The molecule has 0 spiro atoms. The summed E-state index contributed by atoms with van der Waals surface area (Å²) >= 11 is 7.55. The van der Waals surface area contributed by atoms with E-state index in [-0.39, 0.29) is 0 Å². The lowest BCUT2D eigenvalue weighted by Crippen LogP contribution is -2.03. The first kappa shape index (κ1) is 12.6. The Kier molecular flexibility index (Phi) is 4.20. The minimum absolute atomic E-state index is 0.541. The zero-order valence-corrected chi connectivity index (χ0v) is 11.4. The van der Waals surface area contributed by atoms with Gasteiger partial charge in [-0.05, 0) is 36.1 Å². The fourth-order valence-corrected chi connectivity index (χ4v) is 3.75. The summed E-state index contributed by atoms with van der Waals surface area (Å²) in [6, 6.07) is 9.12. The van der Waals surface area contributed by atoms with Crippen LogP contribution in [0.4, 0.5) is 5.69 Å².